The van der Waals surface area contributed by atoms with Gasteiger partial charge in [0.2, 0.25) is 0 Å². The molecular formula is C14H23NO. The summed E-state index contributed by atoms with van der Waals surface area (Å²) in [6.45, 7) is 9.41. The van der Waals surface area contributed by atoms with Crippen LogP contribution >= 0.6 is 0 Å². The molecule has 0 saturated carbocycles. The van der Waals surface area contributed by atoms with Gasteiger partial charge in [-0.05, 0) is 39.3 Å². The van der Waals surface area contributed by atoms with E-state index < -0.39 is 0 Å². The van der Waals surface area contributed by atoms with Crippen LogP contribution < -0.4 is 5.32 Å². The molecule has 0 saturated heterocycles. The average molecular weight is 221 g/mol. The summed E-state index contributed by atoms with van der Waals surface area (Å²) in [5.41, 5.74) is 3.33. The van der Waals surface area contributed by atoms with Crippen molar-refractivity contribution in [3.8, 4) is 0 Å². The highest BCUT2D eigenvalue weighted by atomic mass is 16.3. The number of nitrogens with one attached hydrogen (secondary N) is 1. The second-order valence-corrected chi connectivity index (χ2v) is 4.79. The summed E-state index contributed by atoms with van der Waals surface area (Å²) < 4.78 is 0. The van der Waals surface area contributed by atoms with Crippen LogP contribution in [0.4, 0.5) is 0 Å². The third kappa shape index (κ3) is 3.06. The highest BCUT2D eigenvalue weighted by Gasteiger charge is 2.24. The van der Waals surface area contributed by atoms with Crippen molar-refractivity contribution < 1.29 is 5.11 Å². The Hall–Kier alpha value is -0.860. The van der Waals surface area contributed by atoms with Gasteiger partial charge >= 0.3 is 0 Å². The molecule has 16 heavy (non-hydrogen) atoms. The standard InChI is InChI=1S/C14H23NO/c1-5-6-15-14(4,10-16)13-8-11(2)7-12(3)9-13/h7-9,15-16H,5-6,10H2,1-4H3. The summed E-state index contributed by atoms with van der Waals surface area (Å²) in [5.74, 6) is 0. The lowest BCUT2D eigenvalue weighted by molar-refractivity contribution is 0.175. The van der Waals surface area contributed by atoms with E-state index in [4.69, 9.17) is 0 Å². The van der Waals surface area contributed by atoms with Gasteiger partial charge in [-0.3, -0.25) is 0 Å². The molecule has 2 N–H and O–H groups in total. The fourth-order valence-corrected chi connectivity index (χ4v) is 1.94. The van der Waals surface area contributed by atoms with Crippen molar-refractivity contribution in [1.82, 2.24) is 5.32 Å². The minimum atomic E-state index is -0.327. The predicted molar refractivity (Wildman–Crippen MR) is 68.6 cm³/mol. The number of hydrogen-bond acceptors (Lipinski definition) is 2. The number of rotatable bonds is 5. The number of aryl methyl sites for hydroxylation is 2. The van der Waals surface area contributed by atoms with Crippen molar-refractivity contribution in [2.45, 2.75) is 39.7 Å². The minimum Gasteiger partial charge on any atom is -0.394 e. The molecule has 2 nitrogen and oxygen atoms in total. The Morgan fingerprint density at radius 1 is 1.19 bits per heavy atom. The molecule has 0 aliphatic carbocycles. The maximum absolute atomic E-state index is 9.58. The summed E-state index contributed by atoms with van der Waals surface area (Å²) in [4.78, 5) is 0. The number of hydrogen-bond donors (Lipinski definition) is 2. The first-order chi connectivity index (χ1) is 7.51. The van der Waals surface area contributed by atoms with E-state index in [1.54, 1.807) is 0 Å². The van der Waals surface area contributed by atoms with Gasteiger partial charge in [-0.2, -0.15) is 0 Å². The van der Waals surface area contributed by atoms with E-state index in [-0.39, 0.29) is 12.1 Å². The fourth-order valence-electron chi connectivity index (χ4n) is 1.94. The molecule has 0 bridgehead atoms. The van der Waals surface area contributed by atoms with Crippen LogP contribution in [0.1, 0.15) is 37.0 Å². The first-order valence-electron chi connectivity index (χ1n) is 5.96. The van der Waals surface area contributed by atoms with Crippen LogP contribution in [0.5, 0.6) is 0 Å². The summed E-state index contributed by atoms with van der Waals surface area (Å²) in [6, 6.07) is 6.44. The first-order valence-corrected chi connectivity index (χ1v) is 5.96. The second-order valence-electron chi connectivity index (χ2n) is 4.79. The first kappa shape index (κ1) is 13.2. The molecule has 1 atom stereocenters. The van der Waals surface area contributed by atoms with Crippen LogP contribution in [0.3, 0.4) is 0 Å². The maximum atomic E-state index is 9.58. The molecule has 0 fully saturated rings. The zero-order valence-corrected chi connectivity index (χ0v) is 10.8. The van der Waals surface area contributed by atoms with Crippen LogP contribution in [0.2, 0.25) is 0 Å². The van der Waals surface area contributed by atoms with Gasteiger partial charge in [0, 0.05) is 0 Å². The Kier molecular flexibility index (Phi) is 4.51. The van der Waals surface area contributed by atoms with Crippen LogP contribution in [0, 0.1) is 13.8 Å². The zero-order valence-electron chi connectivity index (χ0n) is 10.8. The molecule has 1 rings (SSSR count). The lowest BCUT2D eigenvalue weighted by Gasteiger charge is -2.30. The Balaban J connectivity index is 3.01. The van der Waals surface area contributed by atoms with Crippen LogP contribution in [-0.4, -0.2) is 18.3 Å². The molecule has 1 aromatic carbocycles. The summed E-state index contributed by atoms with van der Waals surface area (Å²) in [5, 5.41) is 13.0. The summed E-state index contributed by atoms with van der Waals surface area (Å²) in [6.07, 6.45) is 1.07. The number of benzene rings is 1. The van der Waals surface area contributed by atoms with Gasteiger partial charge in [0.1, 0.15) is 0 Å². The van der Waals surface area contributed by atoms with Crippen LogP contribution in [0.25, 0.3) is 0 Å². The molecule has 1 aromatic rings. The van der Waals surface area contributed by atoms with Gasteiger partial charge in [0.15, 0.2) is 0 Å². The fraction of sp³-hybridized carbons (Fsp3) is 0.571. The Morgan fingerprint density at radius 2 is 1.75 bits per heavy atom. The third-order valence-electron chi connectivity index (χ3n) is 2.94. The maximum Gasteiger partial charge on any atom is 0.0652 e. The van der Waals surface area contributed by atoms with Gasteiger partial charge in [-0.25, -0.2) is 0 Å². The predicted octanol–water partition coefficient (Wildman–Crippen LogP) is 2.51. The molecule has 1 unspecified atom stereocenters. The van der Waals surface area contributed by atoms with Crippen molar-refractivity contribution in [3.05, 3.63) is 34.9 Å². The number of aliphatic hydroxyl groups is 1. The topological polar surface area (TPSA) is 32.3 Å². The smallest absolute Gasteiger partial charge is 0.0652 e. The van der Waals surface area contributed by atoms with Gasteiger partial charge < -0.3 is 10.4 Å². The Bertz CT molecular complexity index is 328. The molecule has 0 aliphatic heterocycles. The van der Waals surface area contributed by atoms with E-state index in [0.29, 0.717) is 0 Å². The van der Waals surface area contributed by atoms with Crippen molar-refractivity contribution in [2.24, 2.45) is 0 Å². The van der Waals surface area contributed by atoms with E-state index in [9.17, 15) is 5.11 Å². The Labute approximate surface area is 98.7 Å². The third-order valence-corrected chi connectivity index (χ3v) is 2.94. The lowest BCUT2D eigenvalue weighted by Crippen LogP contribution is -2.43. The van der Waals surface area contributed by atoms with Crippen molar-refractivity contribution in [3.63, 3.8) is 0 Å². The molecule has 0 aliphatic rings. The van der Waals surface area contributed by atoms with Crippen LogP contribution in [0.15, 0.2) is 18.2 Å². The van der Waals surface area contributed by atoms with E-state index in [2.05, 4.69) is 51.2 Å². The summed E-state index contributed by atoms with van der Waals surface area (Å²) >= 11 is 0. The quantitative estimate of drug-likeness (QED) is 0.800. The average Bonchev–Trinajstić information content (AvgIpc) is 2.24. The minimum absolute atomic E-state index is 0.121. The van der Waals surface area contributed by atoms with E-state index in [0.717, 1.165) is 13.0 Å². The van der Waals surface area contributed by atoms with E-state index in [1.165, 1.54) is 16.7 Å². The Morgan fingerprint density at radius 3 is 2.19 bits per heavy atom. The summed E-state index contributed by atoms with van der Waals surface area (Å²) in [7, 11) is 0. The van der Waals surface area contributed by atoms with Gasteiger partial charge in [0.05, 0.1) is 12.1 Å². The highest BCUT2D eigenvalue weighted by molar-refractivity contribution is 5.33. The zero-order chi connectivity index (χ0) is 12.2. The molecule has 0 spiro atoms. The monoisotopic (exact) mass is 221 g/mol. The number of aliphatic hydroxyl groups excluding tert-OH is 1. The van der Waals surface area contributed by atoms with Crippen molar-refractivity contribution in [2.75, 3.05) is 13.2 Å². The SMILES string of the molecule is CCCNC(C)(CO)c1cc(C)cc(C)c1. The van der Waals surface area contributed by atoms with E-state index in [1.807, 2.05) is 0 Å². The second kappa shape index (κ2) is 5.46. The van der Waals surface area contributed by atoms with Gasteiger partial charge in [-0.15, -0.1) is 0 Å². The molecule has 90 valence electrons. The molecule has 0 radical (unpaired) electrons. The largest absolute Gasteiger partial charge is 0.394 e. The molecular weight excluding hydrogens is 198 g/mol. The normalized spacial score (nSPS) is 14.8. The van der Waals surface area contributed by atoms with Crippen molar-refractivity contribution >= 4 is 0 Å². The molecule has 0 heterocycles. The molecule has 0 aromatic heterocycles. The molecule has 0 amide bonds. The van der Waals surface area contributed by atoms with Gasteiger partial charge in [-0.1, -0.05) is 36.2 Å². The lowest BCUT2D eigenvalue weighted by atomic mass is 9.90. The van der Waals surface area contributed by atoms with Crippen LogP contribution in [-0.2, 0) is 5.54 Å². The van der Waals surface area contributed by atoms with Gasteiger partial charge in [0.25, 0.3) is 0 Å². The van der Waals surface area contributed by atoms with E-state index >= 15 is 0 Å². The van der Waals surface area contributed by atoms with Crippen molar-refractivity contribution in [1.29, 1.82) is 0 Å². The highest BCUT2D eigenvalue weighted by Crippen LogP contribution is 2.22. The molecule has 2 heteroatoms.